The van der Waals surface area contributed by atoms with Crippen LogP contribution in [-0.4, -0.2) is 31.5 Å². The molecular weight excluding hydrogens is 270 g/mol. The minimum atomic E-state index is -1.10. The summed E-state index contributed by atoms with van der Waals surface area (Å²) in [5.41, 5.74) is 1.21. The van der Waals surface area contributed by atoms with Crippen molar-refractivity contribution < 1.29 is 19.4 Å². The predicted octanol–water partition coefficient (Wildman–Crippen LogP) is 3.15. The third-order valence-corrected chi connectivity index (χ3v) is 2.90. The summed E-state index contributed by atoms with van der Waals surface area (Å²) in [7, 11) is 2.86. The number of nitrogens with zero attached hydrogens (tertiary/aromatic N) is 1. The molecule has 21 heavy (non-hydrogen) atoms. The van der Waals surface area contributed by atoms with Gasteiger partial charge in [0.15, 0.2) is 11.5 Å². The topological polar surface area (TPSA) is 68.1 Å². The lowest BCUT2D eigenvalue weighted by Crippen LogP contribution is -2.06. The number of rotatable bonds is 5. The number of ether oxygens (including phenoxy) is 2. The molecule has 0 radical (unpaired) electrons. The number of carboxylic acids is 1. The van der Waals surface area contributed by atoms with Crippen molar-refractivity contribution in [1.29, 1.82) is 0 Å². The molecule has 0 aliphatic rings. The van der Waals surface area contributed by atoms with E-state index < -0.39 is 5.97 Å². The van der Waals surface area contributed by atoms with Crippen molar-refractivity contribution in [3.63, 3.8) is 0 Å². The van der Waals surface area contributed by atoms with E-state index in [1.165, 1.54) is 20.4 Å². The maximum Gasteiger partial charge on any atom is 0.340 e. The Hall–Kier alpha value is -2.82. The Bertz CT molecular complexity index is 665. The van der Waals surface area contributed by atoms with Gasteiger partial charge in [0.25, 0.3) is 0 Å². The summed E-state index contributed by atoms with van der Waals surface area (Å²) in [6.07, 6.45) is 1.50. The summed E-state index contributed by atoms with van der Waals surface area (Å²) >= 11 is 0. The molecule has 0 amide bonds. The van der Waals surface area contributed by atoms with Gasteiger partial charge in [-0.05, 0) is 24.3 Å². The molecule has 5 heteroatoms. The molecule has 0 bridgehead atoms. The minimum absolute atomic E-state index is 0.0246. The molecule has 1 N–H and O–H groups in total. The minimum Gasteiger partial charge on any atom is -0.493 e. The van der Waals surface area contributed by atoms with E-state index in [9.17, 15) is 9.90 Å². The van der Waals surface area contributed by atoms with Gasteiger partial charge in [-0.1, -0.05) is 18.2 Å². The zero-order valence-corrected chi connectivity index (χ0v) is 11.7. The second-order valence-electron chi connectivity index (χ2n) is 4.16. The maximum absolute atomic E-state index is 11.5. The van der Waals surface area contributed by atoms with Gasteiger partial charge in [-0.3, -0.25) is 4.99 Å². The number of hydrogen-bond donors (Lipinski definition) is 1. The fraction of sp³-hybridized carbons (Fsp3) is 0.125. The fourth-order valence-electron chi connectivity index (χ4n) is 1.93. The molecule has 0 aliphatic heterocycles. The number of aromatic carboxylic acids is 1. The molecule has 0 unspecified atom stereocenters. The number of hydrogen-bond acceptors (Lipinski definition) is 4. The second-order valence-corrected chi connectivity index (χ2v) is 4.16. The zero-order valence-electron chi connectivity index (χ0n) is 11.7. The van der Waals surface area contributed by atoms with Gasteiger partial charge in [-0.15, -0.1) is 0 Å². The normalized spacial score (nSPS) is 10.6. The Balaban J connectivity index is 2.49. The third-order valence-electron chi connectivity index (χ3n) is 2.90. The lowest BCUT2D eigenvalue weighted by Gasteiger charge is -2.12. The zero-order chi connectivity index (χ0) is 15.2. The summed E-state index contributed by atoms with van der Waals surface area (Å²) < 4.78 is 10.3. The lowest BCUT2D eigenvalue weighted by molar-refractivity contribution is 0.0692. The SMILES string of the molecule is COc1ccc(C=Nc2ccccc2)c(C(=O)O)c1OC. The Kier molecular flexibility index (Phi) is 4.56. The number of carboxylic acid groups (broad SMARTS) is 1. The second kappa shape index (κ2) is 6.56. The first-order chi connectivity index (χ1) is 10.2. The van der Waals surface area contributed by atoms with Gasteiger partial charge in [-0.2, -0.15) is 0 Å². The monoisotopic (exact) mass is 285 g/mol. The Morgan fingerprint density at radius 1 is 1.10 bits per heavy atom. The van der Waals surface area contributed by atoms with Gasteiger partial charge >= 0.3 is 5.97 Å². The maximum atomic E-state index is 11.5. The average Bonchev–Trinajstić information content (AvgIpc) is 2.52. The standard InChI is InChI=1S/C16H15NO4/c1-20-13-9-8-11(14(16(18)19)15(13)21-2)10-17-12-6-4-3-5-7-12/h3-10H,1-2H3,(H,18,19). The third kappa shape index (κ3) is 3.20. The van der Waals surface area contributed by atoms with E-state index in [4.69, 9.17) is 9.47 Å². The summed E-state index contributed by atoms with van der Waals surface area (Å²) in [4.78, 5) is 15.7. The van der Waals surface area contributed by atoms with Crippen molar-refractivity contribution in [3.8, 4) is 11.5 Å². The smallest absolute Gasteiger partial charge is 0.340 e. The van der Waals surface area contributed by atoms with Gasteiger partial charge in [-0.25, -0.2) is 4.79 Å². The molecule has 5 nitrogen and oxygen atoms in total. The molecule has 0 fully saturated rings. The molecule has 0 atom stereocenters. The van der Waals surface area contributed by atoms with Crippen LogP contribution < -0.4 is 9.47 Å². The molecule has 0 spiro atoms. The van der Waals surface area contributed by atoms with Crippen LogP contribution in [0.3, 0.4) is 0 Å². The highest BCUT2D eigenvalue weighted by atomic mass is 16.5. The first-order valence-corrected chi connectivity index (χ1v) is 6.24. The number of carbonyl (C=O) groups is 1. The van der Waals surface area contributed by atoms with Gasteiger partial charge in [0.2, 0.25) is 0 Å². The van der Waals surface area contributed by atoms with E-state index in [1.54, 1.807) is 12.1 Å². The summed E-state index contributed by atoms with van der Waals surface area (Å²) in [5, 5.41) is 9.40. The average molecular weight is 285 g/mol. The van der Waals surface area contributed by atoms with Crippen LogP contribution in [0.2, 0.25) is 0 Å². The quantitative estimate of drug-likeness (QED) is 0.857. The molecule has 2 rings (SSSR count). The van der Waals surface area contributed by atoms with E-state index in [-0.39, 0.29) is 11.3 Å². The van der Waals surface area contributed by atoms with E-state index in [0.717, 1.165) is 5.69 Å². The highest BCUT2D eigenvalue weighted by Crippen LogP contribution is 2.33. The first kappa shape index (κ1) is 14.6. The lowest BCUT2D eigenvalue weighted by atomic mass is 10.1. The molecule has 0 saturated heterocycles. The van der Waals surface area contributed by atoms with Crippen LogP contribution >= 0.6 is 0 Å². The van der Waals surface area contributed by atoms with Crippen molar-refractivity contribution in [2.75, 3.05) is 14.2 Å². The molecule has 108 valence electrons. The van der Waals surface area contributed by atoms with Gasteiger partial charge in [0, 0.05) is 11.8 Å². The van der Waals surface area contributed by atoms with Crippen LogP contribution in [0.4, 0.5) is 5.69 Å². The largest absolute Gasteiger partial charge is 0.493 e. The Morgan fingerprint density at radius 2 is 1.81 bits per heavy atom. The van der Waals surface area contributed by atoms with Crippen molar-refractivity contribution >= 4 is 17.9 Å². The van der Waals surface area contributed by atoms with Crippen molar-refractivity contribution in [1.82, 2.24) is 0 Å². The molecule has 0 aliphatic carbocycles. The van der Waals surface area contributed by atoms with E-state index in [2.05, 4.69) is 4.99 Å². The summed E-state index contributed by atoms with van der Waals surface area (Å²) in [5.74, 6) is -0.547. The van der Waals surface area contributed by atoms with E-state index in [1.807, 2.05) is 30.3 Å². The fourth-order valence-corrected chi connectivity index (χ4v) is 1.93. The first-order valence-electron chi connectivity index (χ1n) is 6.24. The van der Waals surface area contributed by atoms with E-state index in [0.29, 0.717) is 11.3 Å². The molecule has 0 saturated carbocycles. The predicted molar refractivity (Wildman–Crippen MR) is 80.2 cm³/mol. The molecule has 2 aromatic carbocycles. The van der Waals surface area contributed by atoms with Crippen LogP contribution in [-0.2, 0) is 0 Å². The Morgan fingerprint density at radius 3 is 2.38 bits per heavy atom. The highest BCUT2D eigenvalue weighted by molar-refractivity contribution is 6.02. The number of aliphatic imine (C=N–C) groups is 1. The van der Waals surface area contributed by atoms with E-state index >= 15 is 0 Å². The van der Waals surface area contributed by atoms with Crippen LogP contribution in [0.25, 0.3) is 0 Å². The van der Waals surface area contributed by atoms with Gasteiger partial charge in [0.05, 0.1) is 19.9 Å². The summed E-state index contributed by atoms with van der Waals surface area (Å²) in [6.45, 7) is 0. The number of para-hydroxylation sites is 1. The molecule has 0 aromatic heterocycles. The number of benzene rings is 2. The van der Waals surface area contributed by atoms with Crippen LogP contribution in [0, 0.1) is 0 Å². The van der Waals surface area contributed by atoms with Crippen molar-refractivity contribution in [2.45, 2.75) is 0 Å². The molecule has 0 heterocycles. The summed E-state index contributed by atoms with van der Waals surface area (Å²) in [6, 6.07) is 12.6. The van der Waals surface area contributed by atoms with Crippen LogP contribution in [0.5, 0.6) is 11.5 Å². The van der Waals surface area contributed by atoms with Crippen LogP contribution in [0.15, 0.2) is 47.5 Å². The Labute approximate surface area is 122 Å². The van der Waals surface area contributed by atoms with Crippen LogP contribution in [0.1, 0.15) is 15.9 Å². The van der Waals surface area contributed by atoms with Crippen molar-refractivity contribution in [2.24, 2.45) is 4.99 Å². The van der Waals surface area contributed by atoms with Gasteiger partial charge < -0.3 is 14.6 Å². The molecule has 2 aromatic rings. The van der Waals surface area contributed by atoms with Crippen molar-refractivity contribution in [3.05, 3.63) is 53.6 Å². The highest BCUT2D eigenvalue weighted by Gasteiger charge is 2.19. The number of methoxy groups -OCH3 is 2. The molecular formula is C16H15NO4. The van der Waals surface area contributed by atoms with Gasteiger partial charge in [0.1, 0.15) is 5.56 Å².